The molecule has 0 unspecified atom stereocenters. The summed E-state index contributed by atoms with van der Waals surface area (Å²) < 4.78 is 25.9. The molecule has 0 bridgehead atoms. The summed E-state index contributed by atoms with van der Waals surface area (Å²) in [6.45, 7) is 1.64. The van der Waals surface area contributed by atoms with Gasteiger partial charge in [-0.25, -0.2) is 8.42 Å². The molecule has 1 aromatic heterocycles. The SMILES string of the molecule is CC[C@H](C(=O)Nc1nnc(-c2ccc(Cl)cc2)s1)N(c1cccc([N+](=O)[O-])c1)S(C)(=O)=O. The molecule has 3 rings (SSSR count). The van der Waals surface area contributed by atoms with Gasteiger partial charge in [-0.1, -0.05) is 48.1 Å². The van der Waals surface area contributed by atoms with E-state index in [0.29, 0.717) is 10.0 Å². The second-order valence-corrected chi connectivity index (χ2v) is 9.94. The molecule has 1 atom stereocenters. The predicted molar refractivity (Wildman–Crippen MR) is 123 cm³/mol. The highest BCUT2D eigenvalue weighted by atomic mass is 35.5. The smallest absolute Gasteiger partial charge is 0.271 e. The fourth-order valence-corrected chi connectivity index (χ4v) is 5.06. The first-order chi connectivity index (χ1) is 15.1. The molecule has 1 N–H and O–H groups in total. The molecule has 0 aliphatic carbocycles. The van der Waals surface area contributed by atoms with E-state index in [9.17, 15) is 23.3 Å². The van der Waals surface area contributed by atoms with Crippen LogP contribution in [0.5, 0.6) is 0 Å². The zero-order chi connectivity index (χ0) is 23.5. The van der Waals surface area contributed by atoms with Crippen molar-refractivity contribution in [1.29, 1.82) is 0 Å². The molecule has 1 amide bonds. The van der Waals surface area contributed by atoms with E-state index in [1.165, 1.54) is 18.2 Å². The summed E-state index contributed by atoms with van der Waals surface area (Å²) >= 11 is 7.00. The molecule has 0 aliphatic heterocycles. The quantitative estimate of drug-likeness (QED) is 0.369. The van der Waals surface area contributed by atoms with Gasteiger partial charge in [0, 0.05) is 22.7 Å². The Balaban J connectivity index is 1.88. The van der Waals surface area contributed by atoms with Gasteiger partial charge in [0.15, 0.2) is 0 Å². The van der Waals surface area contributed by atoms with Gasteiger partial charge in [-0.2, -0.15) is 0 Å². The number of sulfonamides is 1. The number of nitrogens with zero attached hydrogens (tertiary/aromatic N) is 4. The van der Waals surface area contributed by atoms with Crippen LogP contribution in [0.2, 0.25) is 5.02 Å². The fraction of sp³-hybridized carbons (Fsp3) is 0.211. The van der Waals surface area contributed by atoms with Crippen molar-refractivity contribution in [1.82, 2.24) is 10.2 Å². The van der Waals surface area contributed by atoms with Crippen molar-refractivity contribution in [3.05, 3.63) is 63.7 Å². The minimum absolute atomic E-state index is 0.0165. The summed E-state index contributed by atoms with van der Waals surface area (Å²) in [6.07, 6.45) is 1.05. The summed E-state index contributed by atoms with van der Waals surface area (Å²) in [7, 11) is -3.95. The molecule has 13 heteroatoms. The van der Waals surface area contributed by atoms with Crippen LogP contribution in [-0.4, -0.2) is 41.7 Å². The van der Waals surface area contributed by atoms with Gasteiger partial charge in [-0.05, 0) is 24.6 Å². The largest absolute Gasteiger partial charge is 0.299 e. The van der Waals surface area contributed by atoms with Crippen molar-refractivity contribution in [2.75, 3.05) is 15.9 Å². The number of anilines is 2. The lowest BCUT2D eigenvalue weighted by atomic mass is 10.2. The molecule has 0 radical (unpaired) electrons. The molecule has 0 saturated carbocycles. The Bertz CT molecular complexity index is 1250. The number of carbonyl (C=O) groups is 1. The van der Waals surface area contributed by atoms with Crippen LogP contribution in [0, 0.1) is 10.1 Å². The lowest BCUT2D eigenvalue weighted by Gasteiger charge is -2.29. The molecule has 0 spiro atoms. The number of rotatable bonds is 8. The van der Waals surface area contributed by atoms with Gasteiger partial charge in [-0.15, -0.1) is 10.2 Å². The molecule has 10 nitrogen and oxygen atoms in total. The lowest BCUT2D eigenvalue weighted by Crippen LogP contribution is -2.47. The maximum atomic E-state index is 13.0. The number of nitro benzene ring substituents is 1. The molecular formula is C19H18ClN5O5S2. The van der Waals surface area contributed by atoms with Crippen LogP contribution in [0.15, 0.2) is 48.5 Å². The van der Waals surface area contributed by atoms with Gasteiger partial charge in [0.25, 0.3) is 5.69 Å². The van der Waals surface area contributed by atoms with E-state index >= 15 is 0 Å². The molecule has 0 saturated heterocycles. The molecule has 2 aromatic carbocycles. The normalized spacial score (nSPS) is 12.2. The Morgan fingerprint density at radius 1 is 1.25 bits per heavy atom. The Morgan fingerprint density at radius 2 is 1.94 bits per heavy atom. The van der Waals surface area contributed by atoms with Crippen LogP contribution in [-0.2, 0) is 14.8 Å². The molecular weight excluding hydrogens is 478 g/mol. The van der Waals surface area contributed by atoms with Gasteiger partial charge in [0.1, 0.15) is 11.0 Å². The average Bonchev–Trinajstić information content (AvgIpc) is 3.19. The monoisotopic (exact) mass is 495 g/mol. The number of hydrogen-bond acceptors (Lipinski definition) is 8. The Kier molecular flexibility index (Phi) is 7.06. The number of amides is 1. The zero-order valence-electron chi connectivity index (χ0n) is 16.9. The van der Waals surface area contributed by atoms with E-state index in [2.05, 4.69) is 15.5 Å². The maximum Gasteiger partial charge on any atom is 0.271 e. The number of nitro groups is 1. The van der Waals surface area contributed by atoms with E-state index in [0.717, 1.165) is 33.5 Å². The van der Waals surface area contributed by atoms with E-state index in [-0.39, 0.29) is 22.9 Å². The van der Waals surface area contributed by atoms with Crippen molar-refractivity contribution in [2.24, 2.45) is 0 Å². The fourth-order valence-electron chi connectivity index (χ4n) is 2.98. The molecule has 0 fully saturated rings. The number of hydrogen-bond donors (Lipinski definition) is 1. The lowest BCUT2D eigenvalue weighted by molar-refractivity contribution is -0.384. The molecule has 32 heavy (non-hydrogen) atoms. The predicted octanol–water partition coefficient (Wildman–Crippen LogP) is 3.95. The van der Waals surface area contributed by atoms with E-state index in [1.54, 1.807) is 31.2 Å². The van der Waals surface area contributed by atoms with Crippen molar-refractivity contribution >= 4 is 55.4 Å². The third-order valence-electron chi connectivity index (χ3n) is 4.37. The first-order valence-electron chi connectivity index (χ1n) is 9.24. The highest BCUT2D eigenvalue weighted by molar-refractivity contribution is 7.92. The van der Waals surface area contributed by atoms with Crippen LogP contribution in [0.3, 0.4) is 0 Å². The van der Waals surface area contributed by atoms with Gasteiger partial charge in [-0.3, -0.25) is 24.5 Å². The maximum absolute atomic E-state index is 13.0. The Labute approximate surface area is 193 Å². The standard InChI is InChI=1S/C19H18ClN5O5S2/c1-3-16(24(32(2,29)30)14-5-4-6-15(11-14)25(27)28)17(26)21-19-23-22-18(31-19)12-7-9-13(20)10-8-12/h4-11,16H,3H2,1-2H3,(H,21,23,26)/t16-/m1/s1. The van der Waals surface area contributed by atoms with E-state index in [1.807, 2.05) is 0 Å². The molecule has 0 aliphatic rings. The second-order valence-electron chi connectivity index (χ2n) is 6.67. The van der Waals surface area contributed by atoms with Crippen molar-refractivity contribution in [3.8, 4) is 10.6 Å². The number of non-ortho nitro benzene ring substituents is 1. The molecule has 1 heterocycles. The number of halogens is 1. The van der Waals surface area contributed by atoms with Gasteiger partial charge >= 0.3 is 0 Å². The van der Waals surface area contributed by atoms with Gasteiger partial charge < -0.3 is 0 Å². The first kappa shape index (κ1) is 23.6. The molecule has 168 valence electrons. The average molecular weight is 496 g/mol. The number of benzene rings is 2. The Morgan fingerprint density at radius 3 is 2.53 bits per heavy atom. The number of carbonyl (C=O) groups excluding carboxylic acids is 1. The summed E-state index contributed by atoms with van der Waals surface area (Å²) in [6, 6.07) is 10.9. The van der Waals surface area contributed by atoms with Crippen LogP contribution in [0.1, 0.15) is 13.3 Å². The van der Waals surface area contributed by atoms with Crippen molar-refractivity contribution < 1.29 is 18.1 Å². The van der Waals surface area contributed by atoms with Crippen LogP contribution in [0.4, 0.5) is 16.5 Å². The zero-order valence-corrected chi connectivity index (χ0v) is 19.3. The Hall–Kier alpha value is -3.09. The minimum Gasteiger partial charge on any atom is -0.299 e. The summed E-state index contributed by atoms with van der Waals surface area (Å²) in [5.74, 6) is -0.636. The third kappa shape index (κ3) is 5.39. The second kappa shape index (κ2) is 9.59. The van der Waals surface area contributed by atoms with Gasteiger partial charge in [0.05, 0.1) is 16.9 Å². The first-order valence-corrected chi connectivity index (χ1v) is 12.3. The van der Waals surface area contributed by atoms with Gasteiger partial charge in [0.2, 0.25) is 21.1 Å². The highest BCUT2D eigenvalue weighted by Crippen LogP contribution is 2.29. The highest BCUT2D eigenvalue weighted by Gasteiger charge is 2.32. The summed E-state index contributed by atoms with van der Waals surface area (Å²) in [5.41, 5.74) is 0.486. The van der Waals surface area contributed by atoms with Crippen molar-refractivity contribution in [3.63, 3.8) is 0 Å². The van der Waals surface area contributed by atoms with Crippen LogP contribution < -0.4 is 9.62 Å². The molecule has 3 aromatic rings. The minimum atomic E-state index is -3.95. The third-order valence-corrected chi connectivity index (χ3v) is 6.69. The van der Waals surface area contributed by atoms with E-state index < -0.39 is 26.9 Å². The van der Waals surface area contributed by atoms with Crippen LogP contribution >= 0.6 is 22.9 Å². The topological polar surface area (TPSA) is 135 Å². The summed E-state index contributed by atoms with van der Waals surface area (Å²) in [4.78, 5) is 23.5. The number of nitrogens with one attached hydrogen (secondary N) is 1. The van der Waals surface area contributed by atoms with Crippen LogP contribution in [0.25, 0.3) is 10.6 Å². The van der Waals surface area contributed by atoms with E-state index in [4.69, 9.17) is 11.6 Å². The van der Waals surface area contributed by atoms with Crippen molar-refractivity contribution in [2.45, 2.75) is 19.4 Å². The number of aromatic nitrogens is 2. The summed E-state index contributed by atoms with van der Waals surface area (Å²) in [5, 5.41) is 23.0.